The Morgan fingerprint density at radius 3 is 1.51 bits per heavy atom. The van der Waals surface area contributed by atoms with Crippen molar-refractivity contribution in [3.63, 3.8) is 0 Å². The molecule has 0 bridgehead atoms. The second kappa shape index (κ2) is 18.1. The van der Waals surface area contributed by atoms with Crippen LogP contribution in [0, 0.1) is 5.92 Å². The first-order valence-electron chi connectivity index (χ1n) is 14.8. The number of aliphatic carboxylic acids is 2. The molecule has 0 saturated heterocycles. The normalized spacial score (nSPS) is 14.8. The summed E-state index contributed by atoms with van der Waals surface area (Å²) in [4.78, 5) is 75.9. The lowest BCUT2D eigenvalue weighted by Crippen LogP contribution is -2.59. The van der Waals surface area contributed by atoms with Gasteiger partial charge in [-0.05, 0) is 30.4 Å². The monoisotopic (exact) mass is 625 g/mol. The Labute approximate surface area is 262 Å². The highest BCUT2D eigenvalue weighted by atomic mass is 16.4. The summed E-state index contributed by atoms with van der Waals surface area (Å²) in [5.74, 6) is -5.57. The number of nitrogens with one attached hydrogen (secondary N) is 4. The van der Waals surface area contributed by atoms with E-state index in [1.165, 1.54) is 6.92 Å². The van der Waals surface area contributed by atoms with Crippen molar-refractivity contribution in [2.75, 3.05) is 0 Å². The third-order valence-electron chi connectivity index (χ3n) is 7.40. The quantitative estimate of drug-likeness (QED) is 0.124. The highest BCUT2D eigenvalue weighted by molar-refractivity contribution is 5.95. The predicted molar refractivity (Wildman–Crippen MR) is 166 cm³/mol. The largest absolute Gasteiger partial charge is 0.481 e. The van der Waals surface area contributed by atoms with E-state index in [1.54, 1.807) is 67.6 Å². The molecule has 0 aliphatic carbocycles. The van der Waals surface area contributed by atoms with E-state index in [0.29, 0.717) is 17.5 Å². The zero-order valence-corrected chi connectivity index (χ0v) is 25.7. The molecule has 6 unspecified atom stereocenters. The SMILES string of the molecule is CCC(C)C(N)C(=O)NC(CCC(=O)O)C(=O)NC(Cc1ccccc1)C(=O)NC(Cc1ccccc1)C(=O)NC(C)C(=O)O. The van der Waals surface area contributed by atoms with Crippen LogP contribution in [0.1, 0.15) is 51.2 Å². The van der Waals surface area contributed by atoms with E-state index in [0.717, 1.165) is 0 Å². The van der Waals surface area contributed by atoms with Crippen molar-refractivity contribution in [3.8, 4) is 0 Å². The van der Waals surface area contributed by atoms with Crippen LogP contribution in [0.4, 0.5) is 0 Å². The van der Waals surface area contributed by atoms with Gasteiger partial charge in [0.15, 0.2) is 0 Å². The van der Waals surface area contributed by atoms with Crippen LogP contribution in [0.2, 0.25) is 0 Å². The summed E-state index contributed by atoms with van der Waals surface area (Å²) < 4.78 is 0. The van der Waals surface area contributed by atoms with Gasteiger partial charge in [-0.3, -0.25) is 28.8 Å². The number of hydrogen-bond acceptors (Lipinski definition) is 7. The van der Waals surface area contributed by atoms with E-state index < -0.39 is 72.2 Å². The van der Waals surface area contributed by atoms with Crippen molar-refractivity contribution < 1.29 is 39.0 Å². The molecule has 45 heavy (non-hydrogen) atoms. The number of rotatable bonds is 18. The van der Waals surface area contributed by atoms with Crippen LogP contribution < -0.4 is 27.0 Å². The van der Waals surface area contributed by atoms with E-state index >= 15 is 0 Å². The zero-order valence-electron chi connectivity index (χ0n) is 25.7. The Balaban J connectivity index is 2.36. The third-order valence-corrected chi connectivity index (χ3v) is 7.40. The molecular formula is C32H43N5O8. The lowest BCUT2D eigenvalue weighted by molar-refractivity contribution is -0.142. The van der Waals surface area contributed by atoms with Gasteiger partial charge in [0.05, 0.1) is 6.04 Å². The van der Waals surface area contributed by atoms with Crippen molar-refractivity contribution in [2.24, 2.45) is 11.7 Å². The molecule has 0 fully saturated rings. The predicted octanol–water partition coefficient (Wildman–Crippen LogP) is 0.754. The van der Waals surface area contributed by atoms with E-state index in [9.17, 15) is 39.0 Å². The Morgan fingerprint density at radius 1 is 0.667 bits per heavy atom. The van der Waals surface area contributed by atoms with Gasteiger partial charge < -0.3 is 37.2 Å². The number of nitrogens with two attached hydrogens (primary N) is 1. The fourth-order valence-electron chi connectivity index (χ4n) is 4.36. The molecular weight excluding hydrogens is 582 g/mol. The van der Waals surface area contributed by atoms with Gasteiger partial charge in [-0.2, -0.15) is 0 Å². The summed E-state index contributed by atoms with van der Waals surface area (Å²) in [5.41, 5.74) is 7.39. The molecule has 13 heteroatoms. The number of hydrogen-bond donors (Lipinski definition) is 7. The Bertz CT molecular complexity index is 1310. The van der Waals surface area contributed by atoms with Crippen molar-refractivity contribution >= 4 is 35.6 Å². The first kappa shape index (κ1) is 36.4. The molecule has 2 rings (SSSR count). The molecule has 13 nitrogen and oxygen atoms in total. The third kappa shape index (κ3) is 12.4. The molecule has 0 aromatic heterocycles. The minimum atomic E-state index is -1.31. The Hall–Kier alpha value is -4.78. The fourth-order valence-corrected chi connectivity index (χ4v) is 4.36. The molecule has 2 aromatic rings. The smallest absolute Gasteiger partial charge is 0.325 e. The maximum absolute atomic E-state index is 13.7. The second-order valence-electron chi connectivity index (χ2n) is 11.0. The summed E-state index contributed by atoms with van der Waals surface area (Å²) in [5, 5.41) is 28.7. The van der Waals surface area contributed by atoms with E-state index in [2.05, 4.69) is 21.3 Å². The number of benzene rings is 2. The van der Waals surface area contributed by atoms with Crippen LogP contribution in [0.25, 0.3) is 0 Å². The van der Waals surface area contributed by atoms with Gasteiger partial charge in [-0.15, -0.1) is 0 Å². The minimum Gasteiger partial charge on any atom is -0.481 e. The van der Waals surface area contributed by atoms with Gasteiger partial charge in [0.2, 0.25) is 23.6 Å². The van der Waals surface area contributed by atoms with Gasteiger partial charge >= 0.3 is 11.9 Å². The molecule has 0 heterocycles. The number of carboxylic acids is 2. The summed E-state index contributed by atoms with van der Waals surface area (Å²) in [6, 6.07) is 11.6. The first-order chi connectivity index (χ1) is 21.3. The first-order valence-corrected chi connectivity index (χ1v) is 14.8. The molecule has 0 aliphatic heterocycles. The lowest BCUT2D eigenvalue weighted by Gasteiger charge is -2.27. The molecule has 0 saturated carbocycles. The maximum atomic E-state index is 13.7. The molecule has 4 amide bonds. The average molecular weight is 626 g/mol. The summed E-state index contributed by atoms with van der Waals surface area (Å²) in [6.45, 7) is 4.92. The molecule has 0 radical (unpaired) electrons. The summed E-state index contributed by atoms with van der Waals surface area (Å²) >= 11 is 0. The maximum Gasteiger partial charge on any atom is 0.325 e. The van der Waals surface area contributed by atoms with E-state index in [4.69, 9.17) is 5.73 Å². The lowest BCUT2D eigenvalue weighted by atomic mass is 9.98. The number of carbonyl (C=O) groups is 6. The Kier molecular flexibility index (Phi) is 14.7. The molecule has 8 N–H and O–H groups in total. The topological polar surface area (TPSA) is 217 Å². The van der Waals surface area contributed by atoms with Gasteiger partial charge in [0.1, 0.15) is 24.2 Å². The second-order valence-corrected chi connectivity index (χ2v) is 11.0. The van der Waals surface area contributed by atoms with Crippen molar-refractivity contribution in [1.29, 1.82) is 0 Å². The minimum absolute atomic E-state index is 0.00437. The van der Waals surface area contributed by atoms with Gasteiger partial charge in [-0.25, -0.2) is 0 Å². The average Bonchev–Trinajstić information content (AvgIpc) is 3.02. The van der Waals surface area contributed by atoms with Crippen LogP contribution in [-0.4, -0.2) is 76.0 Å². The fraction of sp³-hybridized carbons (Fsp3) is 0.438. The highest BCUT2D eigenvalue weighted by Gasteiger charge is 2.32. The van der Waals surface area contributed by atoms with Gasteiger partial charge in [0.25, 0.3) is 0 Å². The standard InChI is InChI=1S/C32H43N5O8/c1-4-19(2)27(33)31(43)35-23(15-16-26(38)39)28(40)36-25(18-22-13-9-6-10-14-22)30(42)37-24(17-21-11-7-5-8-12-21)29(41)34-20(3)32(44)45/h5-14,19-20,23-25,27H,4,15-18,33H2,1-3H3,(H,34,41)(H,35,43)(H,36,40)(H,37,42)(H,38,39)(H,44,45). The summed E-state index contributed by atoms with van der Waals surface area (Å²) in [7, 11) is 0. The van der Waals surface area contributed by atoms with Crippen LogP contribution in [-0.2, 0) is 41.6 Å². The van der Waals surface area contributed by atoms with Crippen LogP contribution in [0.15, 0.2) is 60.7 Å². The number of carbonyl (C=O) groups excluding carboxylic acids is 4. The zero-order chi connectivity index (χ0) is 33.5. The molecule has 0 spiro atoms. The van der Waals surface area contributed by atoms with E-state index in [1.807, 2.05) is 6.92 Å². The number of carboxylic acid groups (broad SMARTS) is 2. The molecule has 6 atom stereocenters. The highest BCUT2D eigenvalue weighted by Crippen LogP contribution is 2.10. The van der Waals surface area contributed by atoms with E-state index in [-0.39, 0.29) is 25.2 Å². The molecule has 244 valence electrons. The Morgan fingerprint density at radius 2 is 1.09 bits per heavy atom. The van der Waals surface area contributed by atoms with Crippen molar-refractivity contribution in [2.45, 2.75) is 83.1 Å². The van der Waals surface area contributed by atoms with Crippen LogP contribution >= 0.6 is 0 Å². The van der Waals surface area contributed by atoms with Gasteiger partial charge in [-0.1, -0.05) is 80.9 Å². The van der Waals surface area contributed by atoms with Crippen molar-refractivity contribution in [1.82, 2.24) is 21.3 Å². The number of amides is 4. The van der Waals surface area contributed by atoms with Crippen LogP contribution in [0.5, 0.6) is 0 Å². The van der Waals surface area contributed by atoms with Gasteiger partial charge in [0, 0.05) is 19.3 Å². The summed E-state index contributed by atoms with van der Waals surface area (Å²) in [6.07, 6.45) is -0.0699. The molecule has 0 aliphatic rings. The van der Waals surface area contributed by atoms with Crippen LogP contribution in [0.3, 0.4) is 0 Å². The molecule has 2 aromatic carbocycles. The van der Waals surface area contributed by atoms with Crippen molar-refractivity contribution in [3.05, 3.63) is 71.8 Å².